The number of hydrogen-bond donors (Lipinski definition) is 1. The number of aromatic amines is 1. The summed E-state index contributed by atoms with van der Waals surface area (Å²) in [6, 6.07) is 8.13. The molecule has 0 atom stereocenters. The molecule has 1 aromatic carbocycles. The van der Waals surface area contributed by atoms with Gasteiger partial charge in [0.15, 0.2) is 0 Å². The van der Waals surface area contributed by atoms with Gasteiger partial charge in [-0.05, 0) is 24.3 Å². The number of aromatic nitrogens is 1. The summed E-state index contributed by atoms with van der Waals surface area (Å²) in [5.74, 6) is 0.896. The molecule has 1 aromatic heterocycles. The van der Waals surface area contributed by atoms with Crippen LogP contribution >= 0.6 is 15.9 Å². The number of H-pyrrole nitrogens is 1. The van der Waals surface area contributed by atoms with E-state index in [2.05, 4.69) is 27.0 Å². The van der Waals surface area contributed by atoms with Crippen molar-refractivity contribution in [2.24, 2.45) is 0 Å². The molecule has 2 aromatic rings. The maximum absolute atomic E-state index is 5.14. The fourth-order valence-corrected chi connectivity index (χ4v) is 1.67. The summed E-state index contributed by atoms with van der Waals surface area (Å²) >= 11 is 3.41. The molecule has 0 bridgehead atoms. The highest BCUT2D eigenvalue weighted by molar-refractivity contribution is 9.08. The summed E-state index contributed by atoms with van der Waals surface area (Å²) in [6.07, 6.45) is 0. The van der Waals surface area contributed by atoms with Crippen LogP contribution in [0.15, 0.2) is 24.3 Å². The molecule has 0 aliphatic carbocycles. The van der Waals surface area contributed by atoms with Crippen molar-refractivity contribution < 1.29 is 4.74 Å². The van der Waals surface area contributed by atoms with Crippen LogP contribution < -0.4 is 4.74 Å². The van der Waals surface area contributed by atoms with Gasteiger partial charge >= 0.3 is 0 Å². The molecule has 1 N–H and O–H groups in total. The lowest BCUT2D eigenvalue weighted by Crippen LogP contribution is -1.80. The first kappa shape index (κ1) is 8.63. The topological polar surface area (TPSA) is 25.0 Å². The molecule has 2 nitrogen and oxygen atoms in total. The van der Waals surface area contributed by atoms with Gasteiger partial charge in [-0.15, -0.1) is 0 Å². The van der Waals surface area contributed by atoms with Crippen LogP contribution in [0.25, 0.3) is 10.9 Å². The molecule has 2 rings (SSSR count). The molecular formula is C10H10BrNO. The summed E-state index contributed by atoms with van der Waals surface area (Å²) in [5.41, 5.74) is 2.33. The largest absolute Gasteiger partial charge is 0.497 e. The van der Waals surface area contributed by atoms with Crippen molar-refractivity contribution in [2.75, 3.05) is 7.11 Å². The third kappa shape index (κ3) is 1.56. The molecule has 1 heterocycles. The fraction of sp³-hybridized carbons (Fsp3) is 0.200. The zero-order valence-electron chi connectivity index (χ0n) is 7.30. The normalized spacial score (nSPS) is 10.6. The highest BCUT2D eigenvalue weighted by atomic mass is 79.9. The van der Waals surface area contributed by atoms with Crippen LogP contribution in [0.1, 0.15) is 5.69 Å². The first-order valence-corrected chi connectivity index (χ1v) is 5.17. The van der Waals surface area contributed by atoms with E-state index in [0.717, 1.165) is 16.6 Å². The Morgan fingerprint density at radius 3 is 2.92 bits per heavy atom. The number of methoxy groups -OCH3 is 1. The predicted molar refractivity (Wildman–Crippen MR) is 57.5 cm³/mol. The van der Waals surface area contributed by atoms with E-state index >= 15 is 0 Å². The van der Waals surface area contributed by atoms with E-state index in [1.807, 2.05) is 18.2 Å². The number of hydrogen-bond acceptors (Lipinski definition) is 1. The summed E-state index contributed by atoms with van der Waals surface area (Å²) in [7, 11) is 1.68. The molecular weight excluding hydrogens is 230 g/mol. The van der Waals surface area contributed by atoms with Gasteiger partial charge in [-0.3, -0.25) is 0 Å². The first-order chi connectivity index (χ1) is 6.33. The molecule has 0 unspecified atom stereocenters. The predicted octanol–water partition coefficient (Wildman–Crippen LogP) is 3.07. The summed E-state index contributed by atoms with van der Waals surface area (Å²) in [5, 5.41) is 2.04. The van der Waals surface area contributed by atoms with E-state index in [9.17, 15) is 0 Å². The third-order valence-electron chi connectivity index (χ3n) is 2.03. The summed E-state index contributed by atoms with van der Waals surface area (Å²) < 4.78 is 5.14. The van der Waals surface area contributed by atoms with Crippen LogP contribution in [-0.2, 0) is 5.33 Å². The minimum absolute atomic E-state index is 0.851. The van der Waals surface area contributed by atoms with E-state index in [0.29, 0.717) is 0 Å². The number of fused-ring (bicyclic) bond motifs is 1. The lowest BCUT2D eigenvalue weighted by Gasteiger charge is -1.97. The standard InChI is InChI=1S/C10H10BrNO/c1-13-9-2-3-10-7(5-9)4-8(6-11)12-10/h2-5,12H,6H2,1H3. The average molecular weight is 240 g/mol. The second kappa shape index (κ2) is 3.42. The Balaban J connectivity index is 2.57. The Bertz CT molecular complexity index is 420. The second-order valence-electron chi connectivity index (χ2n) is 2.88. The second-order valence-corrected chi connectivity index (χ2v) is 3.44. The Hall–Kier alpha value is -0.960. The molecule has 0 spiro atoms. The van der Waals surface area contributed by atoms with E-state index in [1.54, 1.807) is 7.11 Å². The van der Waals surface area contributed by atoms with Crippen molar-refractivity contribution in [3.8, 4) is 5.75 Å². The number of benzene rings is 1. The lowest BCUT2D eigenvalue weighted by atomic mass is 10.2. The Kier molecular flexibility index (Phi) is 2.27. The smallest absolute Gasteiger partial charge is 0.119 e. The van der Waals surface area contributed by atoms with Crippen molar-refractivity contribution in [1.29, 1.82) is 0 Å². The van der Waals surface area contributed by atoms with Gasteiger partial charge in [-0.1, -0.05) is 15.9 Å². The van der Waals surface area contributed by atoms with Crippen LogP contribution in [0.3, 0.4) is 0 Å². The van der Waals surface area contributed by atoms with Crippen LogP contribution in [-0.4, -0.2) is 12.1 Å². The highest BCUT2D eigenvalue weighted by Crippen LogP contribution is 2.22. The highest BCUT2D eigenvalue weighted by Gasteiger charge is 2.00. The zero-order chi connectivity index (χ0) is 9.26. The molecule has 0 aliphatic heterocycles. The summed E-state index contributed by atoms with van der Waals surface area (Å²) in [6.45, 7) is 0. The van der Waals surface area contributed by atoms with E-state index < -0.39 is 0 Å². The van der Waals surface area contributed by atoms with Gasteiger partial charge in [0, 0.05) is 21.9 Å². The minimum atomic E-state index is 0.851. The van der Waals surface area contributed by atoms with Crippen molar-refractivity contribution in [2.45, 2.75) is 5.33 Å². The van der Waals surface area contributed by atoms with Gasteiger partial charge in [-0.2, -0.15) is 0 Å². The lowest BCUT2D eigenvalue weighted by molar-refractivity contribution is 0.415. The number of halogens is 1. The van der Waals surface area contributed by atoms with Gasteiger partial charge in [0.25, 0.3) is 0 Å². The monoisotopic (exact) mass is 239 g/mol. The average Bonchev–Trinajstić information content (AvgIpc) is 2.58. The van der Waals surface area contributed by atoms with Crippen molar-refractivity contribution in [3.05, 3.63) is 30.0 Å². The molecule has 0 saturated heterocycles. The van der Waals surface area contributed by atoms with Crippen molar-refractivity contribution >= 4 is 26.8 Å². The molecule has 0 saturated carbocycles. The van der Waals surface area contributed by atoms with Crippen LogP contribution in [0.2, 0.25) is 0 Å². The van der Waals surface area contributed by atoms with E-state index in [4.69, 9.17) is 4.74 Å². The van der Waals surface area contributed by atoms with E-state index in [1.165, 1.54) is 11.1 Å². The van der Waals surface area contributed by atoms with Gasteiger partial charge in [0.2, 0.25) is 0 Å². The quantitative estimate of drug-likeness (QED) is 0.801. The van der Waals surface area contributed by atoms with Gasteiger partial charge < -0.3 is 9.72 Å². The Morgan fingerprint density at radius 1 is 1.38 bits per heavy atom. The molecule has 3 heteroatoms. The maximum atomic E-state index is 5.14. The SMILES string of the molecule is COc1ccc2[nH]c(CBr)cc2c1. The number of nitrogens with one attached hydrogen (secondary N) is 1. The summed E-state index contributed by atoms with van der Waals surface area (Å²) in [4.78, 5) is 3.29. The van der Waals surface area contributed by atoms with Crippen molar-refractivity contribution in [3.63, 3.8) is 0 Å². The Morgan fingerprint density at radius 2 is 2.23 bits per heavy atom. The third-order valence-corrected chi connectivity index (χ3v) is 2.63. The van der Waals surface area contributed by atoms with Gasteiger partial charge in [-0.25, -0.2) is 0 Å². The number of alkyl halides is 1. The van der Waals surface area contributed by atoms with Crippen LogP contribution in [0.5, 0.6) is 5.75 Å². The van der Waals surface area contributed by atoms with Crippen LogP contribution in [0, 0.1) is 0 Å². The molecule has 0 radical (unpaired) electrons. The van der Waals surface area contributed by atoms with Crippen LogP contribution in [0.4, 0.5) is 0 Å². The molecule has 0 fully saturated rings. The Labute approximate surface area is 85.0 Å². The first-order valence-electron chi connectivity index (χ1n) is 4.05. The van der Waals surface area contributed by atoms with E-state index in [-0.39, 0.29) is 0 Å². The van der Waals surface area contributed by atoms with Gasteiger partial charge in [0.05, 0.1) is 7.11 Å². The number of rotatable bonds is 2. The minimum Gasteiger partial charge on any atom is -0.497 e. The molecule has 68 valence electrons. The van der Waals surface area contributed by atoms with Crippen molar-refractivity contribution in [1.82, 2.24) is 4.98 Å². The number of ether oxygens (including phenoxy) is 1. The molecule has 13 heavy (non-hydrogen) atoms. The molecule has 0 aliphatic rings. The molecule has 0 amide bonds. The van der Waals surface area contributed by atoms with Gasteiger partial charge in [0.1, 0.15) is 5.75 Å². The maximum Gasteiger partial charge on any atom is 0.119 e. The zero-order valence-corrected chi connectivity index (χ0v) is 8.89. The fourth-order valence-electron chi connectivity index (χ4n) is 1.37.